The van der Waals surface area contributed by atoms with Crippen molar-refractivity contribution in [1.29, 1.82) is 0 Å². The summed E-state index contributed by atoms with van der Waals surface area (Å²) in [6.45, 7) is 0.799. The van der Waals surface area contributed by atoms with E-state index in [-0.39, 0.29) is 11.3 Å². The van der Waals surface area contributed by atoms with E-state index in [4.69, 9.17) is 0 Å². The van der Waals surface area contributed by atoms with Crippen LogP contribution in [0.15, 0.2) is 53.5 Å². The van der Waals surface area contributed by atoms with E-state index in [0.717, 1.165) is 6.92 Å². The van der Waals surface area contributed by atoms with Crippen LogP contribution in [0.5, 0.6) is 0 Å². The number of aromatic amines is 1. The summed E-state index contributed by atoms with van der Waals surface area (Å²) in [6.07, 6.45) is 1.33. The van der Waals surface area contributed by atoms with E-state index >= 15 is 0 Å². The number of alkyl halides is 2. The van der Waals surface area contributed by atoms with E-state index in [1.165, 1.54) is 12.3 Å². The summed E-state index contributed by atoms with van der Waals surface area (Å²) in [5.74, 6) is -3.03. The zero-order valence-corrected chi connectivity index (χ0v) is 12.6. The third-order valence-corrected chi connectivity index (χ3v) is 3.83. The van der Waals surface area contributed by atoms with Gasteiger partial charge in [-0.05, 0) is 24.3 Å². The molecular formula is C17H12F2N4O. The van der Waals surface area contributed by atoms with Crippen LogP contribution in [0, 0.1) is 0 Å². The van der Waals surface area contributed by atoms with Gasteiger partial charge in [0.1, 0.15) is 11.3 Å². The van der Waals surface area contributed by atoms with Crippen LogP contribution in [0.2, 0.25) is 0 Å². The summed E-state index contributed by atoms with van der Waals surface area (Å²) in [5, 5.41) is 4.96. The average molecular weight is 326 g/mol. The Morgan fingerprint density at radius 1 is 1.17 bits per heavy atom. The Bertz CT molecular complexity index is 1120. The highest BCUT2D eigenvalue weighted by atomic mass is 19.3. The quantitative estimate of drug-likeness (QED) is 0.614. The zero-order chi connectivity index (χ0) is 16.9. The van der Waals surface area contributed by atoms with E-state index in [0.29, 0.717) is 27.8 Å². The number of H-pyrrole nitrogens is 1. The molecule has 0 unspecified atom stereocenters. The summed E-state index contributed by atoms with van der Waals surface area (Å²) in [6, 6.07) is 11.6. The smallest absolute Gasteiger partial charge is 0.286 e. The van der Waals surface area contributed by atoms with E-state index in [9.17, 15) is 13.6 Å². The molecule has 24 heavy (non-hydrogen) atoms. The van der Waals surface area contributed by atoms with Crippen molar-refractivity contribution in [2.24, 2.45) is 0 Å². The van der Waals surface area contributed by atoms with Gasteiger partial charge in [0.15, 0.2) is 0 Å². The summed E-state index contributed by atoms with van der Waals surface area (Å²) >= 11 is 0. The molecule has 120 valence electrons. The number of nitrogens with one attached hydrogen (secondary N) is 1. The first-order valence-corrected chi connectivity index (χ1v) is 7.29. The third kappa shape index (κ3) is 2.25. The van der Waals surface area contributed by atoms with Gasteiger partial charge in [-0.25, -0.2) is 4.52 Å². The van der Waals surface area contributed by atoms with Crippen LogP contribution in [0.3, 0.4) is 0 Å². The lowest BCUT2D eigenvalue weighted by Gasteiger charge is -2.09. The van der Waals surface area contributed by atoms with Crippen LogP contribution < -0.4 is 5.56 Å². The fourth-order valence-corrected chi connectivity index (χ4v) is 2.66. The molecule has 0 atom stereocenters. The number of benzene rings is 1. The Kier molecular flexibility index (Phi) is 2.99. The maximum Gasteiger partial charge on any atom is 0.286 e. The molecule has 1 aromatic carbocycles. The van der Waals surface area contributed by atoms with Crippen molar-refractivity contribution in [1.82, 2.24) is 19.6 Å². The van der Waals surface area contributed by atoms with E-state index in [2.05, 4.69) is 15.1 Å². The second-order valence-electron chi connectivity index (χ2n) is 5.62. The lowest BCUT2D eigenvalue weighted by Crippen LogP contribution is -2.09. The van der Waals surface area contributed by atoms with Crippen molar-refractivity contribution in [3.63, 3.8) is 0 Å². The van der Waals surface area contributed by atoms with Crippen LogP contribution in [0.25, 0.3) is 27.8 Å². The minimum atomic E-state index is -3.03. The first-order valence-electron chi connectivity index (χ1n) is 7.29. The molecule has 0 saturated carbocycles. The topological polar surface area (TPSA) is 63.0 Å². The summed E-state index contributed by atoms with van der Waals surface area (Å²) < 4.78 is 28.6. The minimum Gasteiger partial charge on any atom is -0.306 e. The SMILES string of the molecule is CC(F)(F)c1cc(-c2cc3[nH]c(=O)c4ccccc4n3n2)ccn1. The Morgan fingerprint density at radius 3 is 2.75 bits per heavy atom. The monoisotopic (exact) mass is 326 g/mol. The van der Waals surface area contributed by atoms with Crippen molar-refractivity contribution >= 4 is 16.6 Å². The number of aromatic nitrogens is 4. The predicted molar refractivity (Wildman–Crippen MR) is 86.1 cm³/mol. The standard InChI is InChI=1S/C17H12F2N4O/c1-17(18,19)14-8-10(6-7-20-14)12-9-15-21-16(24)11-4-2-3-5-13(11)23(15)22-12/h2-9H,1H3,(H,21,24). The number of hydrogen-bond donors (Lipinski definition) is 1. The largest absolute Gasteiger partial charge is 0.306 e. The lowest BCUT2D eigenvalue weighted by molar-refractivity contribution is 0.0128. The number of hydrogen-bond acceptors (Lipinski definition) is 3. The molecule has 0 aliphatic rings. The Hall–Kier alpha value is -3.09. The number of rotatable bonds is 2. The number of pyridine rings is 1. The molecular weight excluding hydrogens is 314 g/mol. The first kappa shape index (κ1) is 14.5. The average Bonchev–Trinajstić information content (AvgIpc) is 2.99. The molecule has 1 N–H and O–H groups in total. The van der Waals surface area contributed by atoms with Crippen LogP contribution in [-0.2, 0) is 5.92 Å². The molecule has 0 aliphatic heterocycles. The van der Waals surface area contributed by atoms with Gasteiger partial charge >= 0.3 is 0 Å². The fourth-order valence-electron chi connectivity index (χ4n) is 2.66. The molecule has 0 amide bonds. The Morgan fingerprint density at radius 2 is 1.96 bits per heavy atom. The summed E-state index contributed by atoms with van der Waals surface area (Å²) in [7, 11) is 0. The van der Waals surface area contributed by atoms with Gasteiger partial charge in [0.05, 0.1) is 16.6 Å². The molecule has 3 aromatic heterocycles. The van der Waals surface area contributed by atoms with E-state index < -0.39 is 5.92 Å². The van der Waals surface area contributed by atoms with Gasteiger partial charge in [-0.15, -0.1) is 0 Å². The molecule has 7 heteroatoms. The molecule has 5 nitrogen and oxygen atoms in total. The van der Waals surface area contributed by atoms with Crippen LogP contribution in [0.1, 0.15) is 12.6 Å². The molecule has 4 aromatic rings. The highest BCUT2D eigenvalue weighted by Gasteiger charge is 2.26. The van der Waals surface area contributed by atoms with Gasteiger partial charge in [-0.3, -0.25) is 9.78 Å². The van der Waals surface area contributed by atoms with Crippen molar-refractivity contribution in [3.05, 3.63) is 64.7 Å². The number of fused-ring (bicyclic) bond motifs is 3. The van der Waals surface area contributed by atoms with Crippen LogP contribution >= 0.6 is 0 Å². The molecule has 0 bridgehead atoms. The third-order valence-electron chi connectivity index (χ3n) is 3.83. The highest BCUT2D eigenvalue weighted by Crippen LogP contribution is 2.28. The second kappa shape index (κ2) is 4.95. The van der Waals surface area contributed by atoms with Gasteiger partial charge in [0, 0.05) is 24.8 Å². The fraction of sp³-hybridized carbons (Fsp3) is 0.118. The van der Waals surface area contributed by atoms with E-state index in [1.807, 2.05) is 6.07 Å². The second-order valence-corrected chi connectivity index (χ2v) is 5.62. The van der Waals surface area contributed by atoms with Gasteiger partial charge in [-0.2, -0.15) is 13.9 Å². The summed E-state index contributed by atoms with van der Waals surface area (Å²) in [5.41, 5.74) is 1.59. The minimum absolute atomic E-state index is 0.222. The number of para-hydroxylation sites is 1. The Balaban J connectivity index is 1.96. The molecule has 0 saturated heterocycles. The zero-order valence-electron chi connectivity index (χ0n) is 12.6. The molecule has 0 spiro atoms. The molecule has 3 heterocycles. The molecule has 0 aliphatic carbocycles. The van der Waals surface area contributed by atoms with Crippen LogP contribution in [-0.4, -0.2) is 19.6 Å². The predicted octanol–water partition coefficient (Wildman–Crippen LogP) is 3.35. The van der Waals surface area contributed by atoms with Gasteiger partial charge in [-0.1, -0.05) is 12.1 Å². The van der Waals surface area contributed by atoms with Gasteiger partial charge in [0.25, 0.3) is 11.5 Å². The van der Waals surface area contributed by atoms with Crippen molar-refractivity contribution < 1.29 is 8.78 Å². The number of nitrogens with zero attached hydrogens (tertiary/aromatic N) is 3. The van der Waals surface area contributed by atoms with Gasteiger partial charge < -0.3 is 4.98 Å². The summed E-state index contributed by atoms with van der Waals surface area (Å²) in [4.78, 5) is 18.6. The normalized spacial score (nSPS) is 12.1. The molecule has 0 fully saturated rings. The van der Waals surface area contributed by atoms with Gasteiger partial charge in [0.2, 0.25) is 0 Å². The highest BCUT2D eigenvalue weighted by molar-refractivity contribution is 5.81. The molecule has 0 radical (unpaired) electrons. The maximum atomic E-state index is 13.5. The first-order chi connectivity index (χ1) is 11.4. The van der Waals surface area contributed by atoms with E-state index in [1.54, 1.807) is 34.8 Å². The van der Waals surface area contributed by atoms with Crippen molar-refractivity contribution in [2.45, 2.75) is 12.8 Å². The maximum absolute atomic E-state index is 13.5. The molecule has 4 rings (SSSR count). The van der Waals surface area contributed by atoms with Crippen molar-refractivity contribution in [3.8, 4) is 11.3 Å². The lowest BCUT2D eigenvalue weighted by atomic mass is 10.1. The van der Waals surface area contributed by atoms with Crippen molar-refractivity contribution in [2.75, 3.05) is 0 Å². The number of halogens is 2. The van der Waals surface area contributed by atoms with Crippen LogP contribution in [0.4, 0.5) is 8.78 Å². The Labute approximate surface area is 134 Å².